The van der Waals surface area contributed by atoms with Crippen molar-refractivity contribution in [2.45, 2.75) is 19.9 Å². The van der Waals surface area contributed by atoms with Gasteiger partial charge in [-0.2, -0.15) is 5.10 Å². The van der Waals surface area contributed by atoms with Gasteiger partial charge in [0.25, 0.3) is 0 Å². The number of nitrogen functional groups attached to an aromatic ring is 1. The maximum absolute atomic E-state index is 5.79. The summed E-state index contributed by atoms with van der Waals surface area (Å²) in [7, 11) is 0. The van der Waals surface area contributed by atoms with E-state index in [0.29, 0.717) is 12.4 Å². The molecule has 0 atom stereocenters. The molecule has 0 bridgehead atoms. The molecule has 0 fully saturated rings. The van der Waals surface area contributed by atoms with Crippen LogP contribution >= 0.6 is 0 Å². The quantitative estimate of drug-likeness (QED) is 0.780. The minimum Gasteiger partial charge on any atom is -0.381 e. The van der Waals surface area contributed by atoms with Gasteiger partial charge in [0.2, 0.25) is 0 Å². The van der Waals surface area contributed by atoms with Gasteiger partial charge in [-0.25, -0.2) is 9.36 Å². The predicted molar refractivity (Wildman–Crippen MR) is 76.5 cm³/mol. The first kappa shape index (κ1) is 12.4. The van der Waals surface area contributed by atoms with Crippen LogP contribution in [0.2, 0.25) is 0 Å². The Morgan fingerprint density at radius 1 is 1.20 bits per heavy atom. The summed E-state index contributed by atoms with van der Waals surface area (Å²) in [4.78, 5) is 0. The standard InChI is InChI=1S/C14H16N6/c1-2-13-14(15)17-18-20(13)10-11-4-6-12(7-5-11)19-9-3-8-16-19/h3-9H,2,10,15H2,1H3. The van der Waals surface area contributed by atoms with Crippen LogP contribution in [0.5, 0.6) is 0 Å². The van der Waals surface area contributed by atoms with Crippen LogP contribution in [0.3, 0.4) is 0 Å². The molecule has 102 valence electrons. The number of hydrogen-bond acceptors (Lipinski definition) is 4. The van der Waals surface area contributed by atoms with Gasteiger partial charge >= 0.3 is 0 Å². The molecule has 0 amide bonds. The van der Waals surface area contributed by atoms with Gasteiger partial charge < -0.3 is 5.73 Å². The number of benzene rings is 1. The molecule has 0 aliphatic carbocycles. The zero-order valence-electron chi connectivity index (χ0n) is 11.3. The van der Waals surface area contributed by atoms with E-state index >= 15 is 0 Å². The van der Waals surface area contributed by atoms with Crippen LogP contribution in [-0.2, 0) is 13.0 Å². The van der Waals surface area contributed by atoms with Crippen molar-refractivity contribution in [2.75, 3.05) is 5.73 Å². The normalized spacial score (nSPS) is 10.8. The Bertz CT molecular complexity index is 681. The van der Waals surface area contributed by atoms with E-state index < -0.39 is 0 Å². The Morgan fingerprint density at radius 3 is 2.65 bits per heavy atom. The van der Waals surface area contributed by atoms with Crippen molar-refractivity contribution >= 4 is 5.82 Å². The lowest BCUT2D eigenvalue weighted by molar-refractivity contribution is 0.622. The van der Waals surface area contributed by atoms with E-state index in [1.54, 1.807) is 6.20 Å². The molecular weight excluding hydrogens is 252 g/mol. The van der Waals surface area contributed by atoms with Gasteiger partial charge in [-0.15, -0.1) is 5.10 Å². The Labute approximate surface area is 116 Å². The molecule has 2 aromatic heterocycles. The fraction of sp³-hybridized carbons (Fsp3) is 0.214. The van der Waals surface area contributed by atoms with Gasteiger partial charge in [0.15, 0.2) is 5.82 Å². The number of rotatable bonds is 4. The molecule has 3 rings (SSSR count). The summed E-state index contributed by atoms with van der Waals surface area (Å²) in [5, 5.41) is 12.2. The van der Waals surface area contributed by atoms with Gasteiger partial charge in [0, 0.05) is 12.4 Å². The second-order valence-electron chi connectivity index (χ2n) is 4.55. The fourth-order valence-corrected chi connectivity index (χ4v) is 2.19. The molecule has 0 spiro atoms. The van der Waals surface area contributed by atoms with Crippen LogP contribution in [0.25, 0.3) is 5.69 Å². The molecule has 2 N–H and O–H groups in total. The summed E-state index contributed by atoms with van der Waals surface area (Å²) in [6, 6.07) is 10.1. The average molecular weight is 268 g/mol. The monoisotopic (exact) mass is 268 g/mol. The number of nitrogens with zero attached hydrogens (tertiary/aromatic N) is 5. The van der Waals surface area contributed by atoms with Crippen LogP contribution in [0.1, 0.15) is 18.2 Å². The second-order valence-corrected chi connectivity index (χ2v) is 4.55. The van der Waals surface area contributed by atoms with Crippen molar-refractivity contribution in [3.63, 3.8) is 0 Å². The summed E-state index contributed by atoms with van der Waals surface area (Å²) in [5.41, 5.74) is 8.95. The maximum atomic E-state index is 5.79. The first-order chi connectivity index (χ1) is 9.78. The summed E-state index contributed by atoms with van der Waals surface area (Å²) >= 11 is 0. The largest absolute Gasteiger partial charge is 0.381 e. The van der Waals surface area contributed by atoms with Gasteiger partial charge in [-0.05, 0) is 30.2 Å². The van der Waals surface area contributed by atoms with Crippen molar-refractivity contribution in [1.82, 2.24) is 24.8 Å². The van der Waals surface area contributed by atoms with Gasteiger partial charge in [0.05, 0.1) is 17.9 Å². The molecule has 20 heavy (non-hydrogen) atoms. The minimum absolute atomic E-state index is 0.515. The van der Waals surface area contributed by atoms with Crippen molar-refractivity contribution in [3.05, 3.63) is 54.0 Å². The average Bonchev–Trinajstić information content (AvgIpc) is 3.10. The molecule has 3 aromatic rings. The molecule has 6 heteroatoms. The van der Waals surface area contributed by atoms with Crippen LogP contribution in [0.15, 0.2) is 42.7 Å². The topological polar surface area (TPSA) is 74.5 Å². The molecule has 6 nitrogen and oxygen atoms in total. The van der Waals surface area contributed by atoms with Gasteiger partial charge in [0.1, 0.15) is 0 Å². The van der Waals surface area contributed by atoms with E-state index in [9.17, 15) is 0 Å². The SMILES string of the molecule is CCc1c(N)nnn1Cc1ccc(-n2cccn2)cc1. The number of hydrogen-bond donors (Lipinski definition) is 1. The van der Waals surface area contributed by atoms with Crippen LogP contribution in [-0.4, -0.2) is 24.8 Å². The van der Waals surface area contributed by atoms with E-state index in [4.69, 9.17) is 5.73 Å². The lowest BCUT2D eigenvalue weighted by Crippen LogP contribution is -2.07. The van der Waals surface area contributed by atoms with E-state index in [2.05, 4.69) is 27.5 Å². The fourth-order valence-electron chi connectivity index (χ4n) is 2.19. The number of nitrogens with two attached hydrogens (primary N) is 1. The third-order valence-electron chi connectivity index (χ3n) is 3.24. The highest BCUT2D eigenvalue weighted by Crippen LogP contribution is 2.13. The van der Waals surface area contributed by atoms with Crippen molar-refractivity contribution in [1.29, 1.82) is 0 Å². The third kappa shape index (κ3) is 2.27. The summed E-state index contributed by atoms with van der Waals surface area (Å²) in [6.45, 7) is 2.72. The molecule has 0 saturated heterocycles. The zero-order valence-corrected chi connectivity index (χ0v) is 11.3. The van der Waals surface area contributed by atoms with E-state index in [1.165, 1.54) is 0 Å². The zero-order chi connectivity index (χ0) is 13.9. The van der Waals surface area contributed by atoms with Crippen molar-refractivity contribution < 1.29 is 0 Å². The van der Waals surface area contributed by atoms with Gasteiger partial charge in [-0.1, -0.05) is 24.3 Å². The van der Waals surface area contributed by atoms with E-state index in [-0.39, 0.29) is 0 Å². The van der Waals surface area contributed by atoms with E-state index in [1.807, 2.05) is 40.7 Å². The number of anilines is 1. The smallest absolute Gasteiger partial charge is 0.169 e. The summed E-state index contributed by atoms with van der Waals surface area (Å²) in [5.74, 6) is 0.515. The minimum atomic E-state index is 0.515. The lowest BCUT2D eigenvalue weighted by Gasteiger charge is -2.06. The highest BCUT2D eigenvalue weighted by Gasteiger charge is 2.08. The van der Waals surface area contributed by atoms with Crippen LogP contribution in [0.4, 0.5) is 5.82 Å². The first-order valence-corrected chi connectivity index (χ1v) is 6.54. The Morgan fingerprint density at radius 2 is 2.00 bits per heavy atom. The van der Waals surface area contributed by atoms with Crippen LogP contribution in [0, 0.1) is 0 Å². The van der Waals surface area contributed by atoms with E-state index in [0.717, 1.165) is 23.4 Å². The Balaban J connectivity index is 1.81. The predicted octanol–water partition coefficient (Wildman–Crippen LogP) is 1.66. The Hall–Kier alpha value is -2.63. The highest BCUT2D eigenvalue weighted by molar-refractivity contribution is 5.35. The maximum Gasteiger partial charge on any atom is 0.169 e. The summed E-state index contributed by atoms with van der Waals surface area (Å²) < 4.78 is 3.67. The van der Waals surface area contributed by atoms with Gasteiger partial charge in [-0.3, -0.25) is 0 Å². The second kappa shape index (κ2) is 5.16. The molecule has 1 aromatic carbocycles. The van der Waals surface area contributed by atoms with Crippen molar-refractivity contribution in [3.8, 4) is 5.69 Å². The first-order valence-electron chi connectivity index (χ1n) is 6.54. The molecule has 0 aliphatic rings. The highest BCUT2D eigenvalue weighted by atomic mass is 15.4. The molecule has 0 unspecified atom stereocenters. The Kier molecular flexibility index (Phi) is 3.20. The molecule has 0 saturated carbocycles. The molecule has 0 aliphatic heterocycles. The molecule has 2 heterocycles. The molecule has 0 radical (unpaired) electrons. The lowest BCUT2D eigenvalue weighted by atomic mass is 10.2. The third-order valence-corrected chi connectivity index (χ3v) is 3.24. The molecular formula is C14H16N6. The van der Waals surface area contributed by atoms with Crippen LogP contribution < -0.4 is 5.73 Å². The number of aromatic nitrogens is 5. The van der Waals surface area contributed by atoms with Crippen molar-refractivity contribution in [2.24, 2.45) is 0 Å². The summed E-state index contributed by atoms with van der Waals surface area (Å²) in [6.07, 6.45) is 4.51.